The van der Waals surface area contributed by atoms with E-state index in [9.17, 15) is 9.59 Å². The quantitative estimate of drug-likeness (QED) is 0.619. The molecule has 0 bridgehead atoms. The van der Waals surface area contributed by atoms with E-state index in [0.29, 0.717) is 30.5 Å². The minimum absolute atomic E-state index is 0.186. The van der Waals surface area contributed by atoms with Gasteiger partial charge >= 0.3 is 0 Å². The molecule has 0 aliphatic heterocycles. The lowest BCUT2D eigenvalue weighted by atomic mass is 9.79. The van der Waals surface area contributed by atoms with Gasteiger partial charge in [-0.3, -0.25) is 9.59 Å². The topological polar surface area (TPSA) is 99.0 Å². The summed E-state index contributed by atoms with van der Waals surface area (Å²) in [5.41, 5.74) is 4.50. The van der Waals surface area contributed by atoms with Gasteiger partial charge in [-0.05, 0) is 67.7 Å². The van der Waals surface area contributed by atoms with Crippen molar-refractivity contribution in [2.45, 2.75) is 51.0 Å². The van der Waals surface area contributed by atoms with Gasteiger partial charge in [-0.1, -0.05) is 12.1 Å². The molecule has 1 atom stereocenters. The number of anilines is 1. The number of amides is 1. The fraction of sp³-hybridized carbons (Fsp3) is 0.348. The average Bonchev–Trinajstić information content (AvgIpc) is 3.60. The van der Waals surface area contributed by atoms with Crippen LogP contribution in [-0.2, 0) is 17.6 Å². The Balaban J connectivity index is 1.41. The second-order valence-electron chi connectivity index (χ2n) is 8.13. The number of rotatable bonds is 6. The molecule has 158 valence electrons. The first-order chi connectivity index (χ1) is 15.1. The van der Waals surface area contributed by atoms with Gasteiger partial charge in [0.15, 0.2) is 0 Å². The van der Waals surface area contributed by atoms with Crippen LogP contribution in [0.3, 0.4) is 0 Å². The highest BCUT2D eigenvalue weighted by Crippen LogP contribution is 2.37. The fourth-order valence-corrected chi connectivity index (χ4v) is 4.20. The molecule has 1 fully saturated rings. The lowest BCUT2D eigenvalue weighted by Gasteiger charge is -2.26. The number of fused-ring (bicyclic) bond motifs is 1. The Bertz CT molecular complexity index is 1180. The molecule has 5 rings (SSSR count). The molecule has 1 N–H and O–H groups in total. The van der Waals surface area contributed by atoms with E-state index < -0.39 is 0 Å². The molecule has 1 saturated carbocycles. The molecule has 0 saturated heterocycles. The summed E-state index contributed by atoms with van der Waals surface area (Å²) in [4.78, 5) is 31.9. The van der Waals surface area contributed by atoms with Gasteiger partial charge in [0, 0.05) is 5.56 Å². The maximum absolute atomic E-state index is 13.0. The molecule has 3 aromatic rings. The molecule has 31 heavy (non-hydrogen) atoms. The first-order valence-electron chi connectivity index (χ1n) is 10.5. The number of aromatic nitrogens is 4. The van der Waals surface area contributed by atoms with Crippen LogP contribution in [-0.4, -0.2) is 32.3 Å². The number of carbonyl (C=O) groups excluding carboxylic acids is 1. The normalized spacial score (nSPS) is 17.6. The number of benzene rings is 1. The maximum atomic E-state index is 13.0. The van der Waals surface area contributed by atoms with Crippen molar-refractivity contribution >= 4 is 12.1 Å². The maximum Gasteiger partial charge on any atom is 0.277 e. The minimum atomic E-state index is -0.186. The highest BCUT2D eigenvalue weighted by Gasteiger charge is 2.28. The monoisotopic (exact) mass is 417 g/mol. The molecule has 2 aromatic heterocycles. The van der Waals surface area contributed by atoms with E-state index in [1.807, 2.05) is 6.07 Å². The molecule has 1 unspecified atom stereocenters. The second kappa shape index (κ2) is 7.94. The van der Waals surface area contributed by atoms with Crippen LogP contribution in [0.1, 0.15) is 47.4 Å². The zero-order valence-corrected chi connectivity index (χ0v) is 17.2. The van der Waals surface area contributed by atoms with E-state index in [1.54, 1.807) is 6.20 Å². The van der Waals surface area contributed by atoms with Gasteiger partial charge in [0.1, 0.15) is 5.75 Å². The van der Waals surface area contributed by atoms with Gasteiger partial charge in [0.25, 0.3) is 11.5 Å². The van der Waals surface area contributed by atoms with Crippen molar-refractivity contribution in [1.29, 1.82) is 0 Å². The third-order valence-electron chi connectivity index (χ3n) is 6.01. The highest BCUT2D eigenvalue weighted by molar-refractivity contribution is 5.69. The van der Waals surface area contributed by atoms with Crippen molar-refractivity contribution in [3.05, 3.63) is 69.4 Å². The van der Waals surface area contributed by atoms with Gasteiger partial charge in [-0.2, -0.15) is 9.78 Å². The molecule has 2 aliphatic rings. The summed E-state index contributed by atoms with van der Waals surface area (Å²) in [5.74, 6) is 1.49. The fourth-order valence-electron chi connectivity index (χ4n) is 4.20. The summed E-state index contributed by atoms with van der Waals surface area (Å²) in [7, 11) is 0. The number of hydrogen-bond acceptors (Lipinski definition) is 6. The SMILES string of the molecule is Cc1c(OC2CC2)cccc1C1CCc2c(cnn(-c3ncc(NC=O)cn3)c2=O)C1. The van der Waals surface area contributed by atoms with Crippen LogP contribution in [0.15, 0.2) is 41.6 Å². The third-order valence-corrected chi connectivity index (χ3v) is 6.01. The largest absolute Gasteiger partial charge is 0.490 e. The van der Waals surface area contributed by atoms with Crippen LogP contribution in [0, 0.1) is 6.92 Å². The molecule has 8 heteroatoms. The van der Waals surface area contributed by atoms with Gasteiger partial charge in [0.05, 0.1) is 30.4 Å². The lowest BCUT2D eigenvalue weighted by Crippen LogP contribution is -2.30. The Kier molecular flexibility index (Phi) is 4.97. The van der Waals surface area contributed by atoms with Gasteiger partial charge in [-0.15, -0.1) is 0 Å². The summed E-state index contributed by atoms with van der Waals surface area (Å²) >= 11 is 0. The van der Waals surface area contributed by atoms with Crippen LogP contribution >= 0.6 is 0 Å². The Morgan fingerprint density at radius 1 is 1.16 bits per heavy atom. The number of ether oxygens (including phenoxy) is 1. The van der Waals surface area contributed by atoms with Crippen LogP contribution in [0.2, 0.25) is 0 Å². The first-order valence-corrected chi connectivity index (χ1v) is 10.5. The van der Waals surface area contributed by atoms with E-state index in [1.165, 1.54) is 28.2 Å². The van der Waals surface area contributed by atoms with Crippen LogP contribution in [0.4, 0.5) is 5.69 Å². The molecule has 0 spiro atoms. The summed E-state index contributed by atoms with van der Waals surface area (Å²) in [6, 6.07) is 6.28. The van der Waals surface area contributed by atoms with Crippen LogP contribution in [0.25, 0.3) is 5.95 Å². The Morgan fingerprint density at radius 3 is 2.71 bits per heavy atom. The van der Waals surface area contributed by atoms with Gasteiger partial charge in [-0.25, -0.2) is 9.97 Å². The van der Waals surface area contributed by atoms with Crippen molar-refractivity contribution < 1.29 is 9.53 Å². The predicted molar refractivity (Wildman–Crippen MR) is 115 cm³/mol. The molecule has 2 heterocycles. The third kappa shape index (κ3) is 3.81. The minimum Gasteiger partial charge on any atom is -0.490 e. The number of carbonyl (C=O) groups is 1. The molecular formula is C23H23N5O3. The van der Waals surface area contributed by atoms with Crippen LogP contribution < -0.4 is 15.6 Å². The average molecular weight is 417 g/mol. The molecule has 1 aromatic carbocycles. The summed E-state index contributed by atoms with van der Waals surface area (Å²) in [5, 5.41) is 6.79. The van der Waals surface area contributed by atoms with E-state index in [-0.39, 0.29) is 11.5 Å². The molecule has 0 radical (unpaired) electrons. The molecular weight excluding hydrogens is 394 g/mol. The lowest BCUT2D eigenvalue weighted by molar-refractivity contribution is -0.105. The molecule has 1 amide bonds. The zero-order valence-electron chi connectivity index (χ0n) is 17.2. The van der Waals surface area contributed by atoms with Crippen molar-refractivity contribution in [1.82, 2.24) is 19.7 Å². The van der Waals surface area contributed by atoms with E-state index in [0.717, 1.165) is 42.6 Å². The summed E-state index contributed by atoms with van der Waals surface area (Å²) in [6.45, 7) is 2.12. The first kappa shape index (κ1) is 19.4. The van der Waals surface area contributed by atoms with Crippen LogP contribution in [0.5, 0.6) is 5.75 Å². The molecule has 2 aliphatic carbocycles. The Hall–Kier alpha value is -3.55. The Labute approximate surface area is 179 Å². The standard InChI is InChI=1S/C23H23N5O3/c1-14-19(3-2-4-21(14)31-18-6-7-18)15-5-8-20-16(9-15)10-27-28(22(20)30)23-24-11-17(12-25-23)26-13-29/h2-4,10-13,15,18H,5-9H2,1H3,(H,26,29). The highest BCUT2D eigenvalue weighted by atomic mass is 16.5. The van der Waals surface area contributed by atoms with Crippen molar-refractivity contribution in [3.63, 3.8) is 0 Å². The van der Waals surface area contributed by atoms with Crippen molar-refractivity contribution in [2.24, 2.45) is 0 Å². The van der Waals surface area contributed by atoms with E-state index in [2.05, 4.69) is 39.4 Å². The van der Waals surface area contributed by atoms with E-state index >= 15 is 0 Å². The van der Waals surface area contributed by atoms with Gasteiger partial charge < -0.3 is 10.1 Å². The van der Waals surface area contributed by atoms with Crippen molar-refractivity contribution in [2.75, 3.05) is 5.32 Å². The van der Waals surface area contributed by atoms with Gasteiger partial charge in [0.2, 0.25) is 6.41 Å². The smallest absolute Gasteiger partial charge is 0.277 e. The summed E-state index contributed by atoms with van der Waals surface area (Å²) < 4.78 is 7.28. The number of nitrogens with one attached hydrogen (secondary N) is 1. The summed E-state index contributed by atoms with van der Waals surface area (Å²) in [6.07, 6.45) is 10.2. The predicted octanol–water partition coefficient (Wildman–Crippen LogP) is 2.71. The van der Waals surface area contributed by atoms with Crippen molar-refractivity contribution in [3.8, 4) is 11.7 Å². The van der Waals surface area contributed by atoms with E-state index in [4.69, 9.17) is 4.74 Å². The molecule has 8 nitrogen and oxygen atoms in total. The second-order valence-corrected chi connectivity index (χ2v) is 8.13. The number of hydrogen-bond donors (Lipinski definition) is 1. The zero-order chi connectivity index (χ0) is 21.4. The Morgan fingerprint density at radius 2 is 1.97 bits per heavy atom. The number of nitrogens with zero attached hydrogens (tertiary/aromatic N) is 4.